The predicted octanol–water partition coefficient (Wildman–Crippen LogP) is 2.79. The lowest BCUT2D eigenvalue weighted by molar-refractivity contribution is -0.0214. The minimum absolute atomic E-state index is 0.0624. The molecule has 2 aromatic heterocycles. The Labute approximate surface area is 176 Å². The van der Waals surface area contributed by atoms with E-state index in [9.17, 15) is 18.7 Å². The van der Waals surface area contributed by atoms with Crippen LogP contribution in [0.2, 0.25) is 0 Å². The topological polar surface area (TPSA) is 117 Å². The van der Waals surface area contributed by atoms with Gasteiger partial charge in [0, 0.05) is 24.7 Å². The third-order valence-electron chi connectivity index (χ3n) is 5.30. The number of hydrogen-bond acceptors (Lipinski definition) is 4. The summed E-state index contributed by atoms with van der Waals surface area (Å²) in [5.41, 5.74) is 7.02. The van der Waals surface area contributed by atoms with Gasteiger partial charge in [-0.3, -0.25) is 5.41 Å². The van der Waals surface area contributed by atoms with Crippen molar-refractivity contribution in [2.24, 2.45) is 5.73 Å². The monoisotopic (exact) mass is 429 g/mol. The molecule has 4 rings (SSSR count). The van der Waals surface area contributed by atoms with Crippen molar-refractivity contribution in [2.75, 3.05) is 19.7 Å². The highest BCUT2D eigenvalue weighted by Gasteiger charge is 2.28. The van der Waals surface area contributed by atoms with Crippen LogP contribution in [0.25, 0.3) is 16.9 Å². The molecule has 1 aliphatic rings. The van der Waals surface area contributed by atoms with Crippen molar-refractivity contribution in [1.29, 1.82) is 5.41 Å². The van der Waals surface area contributed by atoms with Crippen molar-refractivity contribution in [1.82, 2.24) is 14.3 Å². The molecule has 1 saturated heterocycles. The molecule has 3 heterocycles. The third kappa shape index (κ3) is 3.93. The van der Waals surface area contributed by atoms with E-state index in [4.69, 9.17) is 15.9 Å². The summed E-state index contributed by atoms with van der Waals surface area (Å²) in [6.07, 6.45) is 0.427. The minimum atomic E-state index is -1.04. The number of ether oxygens (including phenoxy) is 1. The molecule has 162 valence electrons. The number of rotatable bonds is 4. The van der Waals surface area contributed by atoms with Crippen LogP contribution in [-0.4, -0.2) is 57.1 Å². The van der Waals surface area contributed by atoms with Crippen molar-refractivity contribution in [3.63, 3.8) is 0 Å². The second kappa shape index (κ2) is 7.95. The quantitative estimate of drug-likeness (QED) is 0.436. The van der Waals surface area contributed by atoms with Gasteiger partial charge < -0.3 is 24.9 Å². The fourth-order valence-electron chi connectivity index (χ4n) is 3.78. The number of nitrogen functional groups attached to an aromatic ring is 1. The van der Waals surface area contributed by atoms with Gasteiger partial charge in [-0.05, 0) is 36.8 Å². The van der Waals surface area contributed by atoms with E-state index in [1.165, 1.54) is 4.90 Å². The molecule has 10 heteroatoms. The van der Waals surface area contributed by atoms with Gasteiger partial charge in [0.15, 0.2) is 0 Å². The summed E-state index contributed by atoms with van der Waals surface area (Å²) in [6.45, 7) is 2.52. The maximum Gasteiger partial charge on any atom is 0.407 e. The molecule has 0 radical (unpaired) electrons. The van der Waals surface area contributed by atoms with E-state index in [1.54, 1.807) is 16.7 Å². The van der Waals surface area contributed by atoms with E-state index in [0.29, 0.717) is 11.3 Å². The molecule has 1 aliphatic heterocycles. The Morgan fingerprint density at radius 1 is 1.35 bits per heavy atom. The molecule has 1 amide bonds. The first-order valence-corrected chi connectivity index (χ1v) is 9.65. The standard InChI is InChI=1S/C21H21F2N5O3/c1-11-2-3-28-16(9-13-10-27(21(29)30)4-5-31-13)19(26-17(28)6-11)18-14(22)7-12(20(24)25)8-15(18)23/h2-3,6-8,13H,4-5,9-10H2,1H3,(H3,24,25)(H,29,30)/t13-/m0/s1. The first-order chi connectivity index (χ1) is 14.7. The maximum absolute atomic E-state index is 14.9. The minimum Gasteiger partial charge on any atom is -0.465 e. The molecular weight excluding hydrogens is 408 g/mol. The first-order valence-electron chi connectivity index (χ1n) is 9.65. The van der Waals surface area contributed by atoms with E-state index in [1.807, 2.05) is 13.0 Å². The van der Waals surface area contributed by atoms with E-state index in [2.05, 4.69) is 4.98 Å². The number of nitrogens with two attached hydrogens (primary N) is 1. The SMILES string of the molecule is Cc1ccn2c(C[C@H]3CN(C(=O)O)CCO3)c(-c3c(F)cc(C(=N)N)cc3F)nc2c1. The summed E-state index contributed by atoms with van der Waals surface area (Å²) in [7, 11) is 0. The molecule has 4 N–H and O–H groups in total. The molecule has 0 unspecified atom stereocenters. The molecule has 1 atom stereocenters. The average molecular weight is 429 g/mol. The zero-order chi connectivity index (χ0) is 22.3. The summed E-state index contributed by atoms with van der Waals surface area (Å²) in [5.74, 6) is -2.22. The number of fused-ring (bicyclic) bond motifs is 1. The highest BCUT2D eigenvalue weighted by Crippen LogP contribution is 2.32. The number of amidine groups is 1. The van der Waals surface area contributed by atoms with Gasteiger partial charge >= 0.3 is 6.09 Å². The number of benzene rings is 1. The molecule has 0 saturated carbocycles. The number of amides is 1. The number of aryl methyl sites for hydroxylation is 1. The van der Waals surface area contributed by atoms with Gasteiger partial charge in [0.2, 0.25) is 0 Å². The van der Waals surface area contributed by atoms with Crippen LogP contribution < -0.4 is 5.73 Å². The number of pyridine rings is 1. The summed E-state index contributed by atoms with van der Waals surface area (Å²) in [4.78, 5) is 17.1. The number of hydrogen-bond donors (Lipinski definition) is 3. The predicted molar refractivity (Wildman–Crippen MR) is 109 cm³/mol. The number of imidazole rings is 1. The highest BCUT2D eigenvalue weighted by atomic mass is 19.1. The van der Waals surface area contributed by atoms with Crippen molar-refractivity contribution >= 4 is 17.6 Å². The lowest BCUT2D eigenvalue weighted by Gasteiger charge is -2.31. The van der Waals surface area contributed by atoms with Crippen LogP contribution in [0.4, 0.5) is 13.6 Å². The van der Waals surface area contributed by atoms with Gasteiger partial charge in [-0.2, -0.15) is 0 Å². The van der Waals surface area contributed by atoms with E-state index < -0.39 is 29.7 Å². The van der Waals surface area contributed by atoms with Crippen LogP contribution in [0.1, 0.15) is 16.8 Å². The van der Waals surface area contributed by atoms with Gasteiger partial charge in [-0.1, -0.05) is 0 Å². The summed E-state index contributed by atoms with van der Waals surface area (Å²) < 4.78 is 37.3. The van der Waals surface area contributed by atoms with Crippen LogP contribution in [0.3, 0.4) is 0 Å². The summed E-state index contributed by atoms with van der Waals surface area (Å²) >= 11 is 0. The van der Waals surface area contributed by atoms with Gasteiger partial charge in [0.1, 0.15) is 23.1 Å². The molecular formula is C21H21F2N5O3. The van der Waals surface area contributed by atoms with Crippen LogP contribution >= 0.6 is 0 Å². The Kier molecular flexibility index (Phi) is 5.32. The van der Waals surface area contributed by atoms with Gasteiger partial charge in [-0.25, -0.2) is 18.6 Å². The Hall–Kier alpha value is -3.53. The second-order valence-electron chi connectivity index (χ2n) is 7.49. The maximum atomic E-state index is 14.9. The highest BCUT2D eigenvalue weighted by molar-refractivity contribution is 5.95. The number of morpholine rings is 1. The Bertz CT molecular complexity index is 1170. The molecule has 31 heavy (non-hydrogen) atoms. The van der Waals surface area contributed by atoms with E-state index >= 15 is 0 Å². The number of halogens is 2. The van der Waals surface area contributed by atoms with Crippen LogP contribution in [0, 0.1) is 24.0 Å². The molecule has 1 fully saturated rings. The fourth-order valence-corrected chi connectivity index (χ4v) is 3.78. The number of nitrogens with zero attached hydrogens (tertiary/aromatic N) is 3. The van der Waals surface area contributed by atoms with Gasteiger partial charge in [-0.15, -0.1) is 0 Å². The zero-order valence-corrected chi connectivity index (χ0v) is 16.7. The van der Waals surface area contributed by atoms with Gasteiger partial charge in [0.05, 0.1) is 36.2 Å². The molecule has 0 spiro atoms. The smallest absolute Gasteiger partial charge is 0.407 e. The number of nitrogens with one attached hydrogen (secondary N) is 1. The van der Waals surface area contributed by atoms with Crippen LogP contribution in [0.5, 0.6) is 0 Å². The van der Waals surface area contributed by atoms with Crippen molar-refractivity contribution in [3.05, 3.63) is 58.9 Å². The number of aromatic nitrogens is 2. The lowest BCUT2D eigenvalue weighted by atomic mass is 10.0. The average Bonchev–Trinajstić information content (AvgIpc) is 3.04. The molecule has 0 aliphatic carbocycles. The van der Waals surface area contributed by atoms with E-state index in [0.717, 1.165) is 17.7 Å². The molecule has 8 nitrogen and oxygen atoms in total. The second-order valence-corrected chi connectivity index (χ2v) is 7.49. The summed E-state index contributed by atoms with van der Waals surface area (Å²) in [6, 6.07) is 5.64. The third-order valence-corrected chi connectivity index (χ3v) is 5.30. The zero-order valence-electron chi connectivity index (χ0n) is 16.7. The number of carboxylic acid groups (broad SMARTS) is 1. The van der Waals surface area contributed by atoms with Crippen molar-refractivity contribution in [3.8, 4) is 11.3 Å². The molecule has 3 aromatic rings. The summed E-state index contributed by atoms with van der Waals surface area (Å²) in [5, 5.41) is 16.7. The van der Waals surface area contributed by atoms with Crippen LogP contribution in [0.15, 0.2) is 30.5 Å². The lowest BCUT2D eigenvalue weighted by Crippen LogP contribution is -2.45. The van der Waals surface area contributed by atoms with Gasteiger partial charge in [0.25, 0.3) is 0 Å². The fraction of sp³-hybridized carbons (Fsp3) is 0.286. The Morgan fingerprint density at radius 3 is 2.71 bits per heavy atom. The Morgan fingerprint density at radius 2 is 2.06 bits per heavy atom. The first kappa shape index (κ1) is 20.7. The van der Waals surface area contributed by atoms with Crippen molar-refractivity contribution < 1.29 is 23.4 Å². The number of carbonyl (C=O) groups is 1. The largest absolute Gasteiger partial charge is 0.465 e. The normalized spacial score (nSPS) is 16.6. The van der Waals surface area contributed by atoms with E-state index in [-0.39, 0.29) is 42.9 Å². The van der Waals surface area contributed by atoms with Crippen molar-refractivity contribution in [2.45, 2.75) is 19.4 Å². The van der Waals surface area contributed by atoms with Crippen LogP contribution in [-0.2, 0) is 11.2 Å². The molecule has 0 bridgehead atoms. The Balaban J connectivity index is 1.83. The molecule has 1 aromatic carbocycles.